The Balaban J connectivity index is 2.43. The van der Waals surface area contributed by atoms with Crippen molar-refractivity contribution in [1.82, 2.24) is 0 Å². The highest BCUT2D eigenvalue weighted by atomic mass is 19.4. The first-order chi connectivity index (χ1) is 11.6. The minimum absolute atomic E-state index is 0.313. The van der Waals surface area contributed by atoms with Crippen LogP contribution in [-0.2, 0) is 0 Å². The van der Waals surface area contributed by atoms with Crippen molar-refractivity contribution in [2.24, 2.45) is 0 Å². The van der Waals surface area contributed by atoms with Crippen molar-refractivity contribution in [3.63, 3.8) is 0 Å². The van der Waals surface area contributed by atoms with E-state index in [0.717, 1.165) is 18.1 Å². The molecule has 0 aliphatic rings. The molecular weight excluding hydrogens is 349 g/mol. The molecule has 0 N–H and O–H groups in total. The number of hydrogen-bond acceptors (Lipinski definition) is 0. The lowest BCUT2D eigenvalue weighted by Gasteiger charge is -2.01. The van der Waals surface area contributed by atoms with Crippen LogP contribution in [0.4, 0.5) is 30.7 Å². The standard InChI is InChI=1S/C18H7F7/c1-10-6-14(19)12(15(20)7-10)3-2-11-8-16(21)13(17(22)9-11)4-5-18(23,24)25/h6-9H,1H3. The van der Waals surface area contributed by atoms with Gasteiger partial charge in [0.25, 0.3) is 0 Å². The normalized spacial score (nSPS) is 10.6. The van der Waals surface area contributed by atoms with Crippen LogP contribution in [0, 0.1) is 53.9 Å². The van der Waals surface area contributed by atoms with Gasteiger partial charge in [-0.3, -0.25) is 0 Å². The highest BCUT2D eigenvalue weighted by molar-refractivity contribution is 5.48. The van der Waals surface area contributed by atoms with Gasteiger partial charge in [0, 0.05) is 11.5 Å². The van der Waals surface area contributed by atoms with Crippen LogP contribution in [-0.4, -0.2) is 6.18 Å². The minimum Gasteiger partial charge on any atom is -0.206 e. The second-order valence-electron chi connectivity index (χ2n) is 4.92. The van der Waals surface area contributed by atoms with Crippen LogP contribution in [0.1, 0.15) is 22.3 Å². The van der Waals surface area contributed by atoms with E-state index in [4.69, 9.17) is 0 Å². The molecule has 0 amide bonds. The Kier molecular flexibility index (Phi) is 5.08. The highest BCUT2D eigenvalue weighted by Crippen LogP contribution is 2.18. The average molecular weight is 356 g/mol. The van der Waals surface area contributed by atoms with Gasteiger partial charge in [-0.25, -0.2) is 17.6 Å². The summed E-state index contributed by atoms with van der Waals surface area (Å²) in [6.07, 6.45) is -4.90. The predicted octanol–water partition coefficient (Wildman–Crippen LogP) is 4.87. The maximum atomic E-state index is 13.7. The summed E-state index contributed by atoms with van der Waals surface area (Å²) >= 11 is 0. The molecule has 0 aliphatic carbocycles. The van der Waals surface area contributed by atoms with Crippen LogP contribution in [0.25, 0.3) is 0 Å². The number of hydrogen-bond donors (Lipinski definition) is 0. The number of halogens is 7. The summed E-state index contributed by atoms with van der Waals surface area (Å²) < 4.78 is 90.6. The summed E-state index contributed by atoms with van der Waals surface area (Å²) in [5.74, 6) is 1.74. The smallest absolute Gasteiger partial charge is 0.206 e. The van der Waals surface area contributed by atoms with E-state index < -0.39 is 40.6 Å². The van der Waals surface area contributed by atoms with Crippen LogP contribution >= 0.6 is 0 Å². The van der Waals surface area contributed by atoms with Gasteiger partial charge < -0.3 is 0 Å². The summed E-state index contributed by atoms with van der Waals surface area (Å²) in [5, 5.41) is 0. The predicted molar refractivity (Wildman–Crippen MR) is 76.4 cm³/mol. The van der Waals surface area contributed by atoms with Gasteiger partial charge in [0.15, 0.2) is 0 Å². The SMILES string of the molecule is Cc1cc(F)c(C#Cc2cc(F)c(C#CC(F)(F)F)c(F)c2)c(F)c1. The molecule has 128 valence electrons. The summed E-state index contributed by atoms with van der Waals surface area (Å²) in [7, 11) is 0. The topological polar surface area (TPSA) is 0 Å². The summed E-state index contributed by atoms with van der Waals surface area (Å²) in [6, 6.07) is 3.31. The Morgan fingerprint density at radius 3 is 1.60 bits per heavy atom. The van der Waals surface area contributed by atoms with Crippen molar-refractivity contribution >= 4 is 0 Å². The monoisotopic (exact) mass is 356 g/mol. The fourth-order valence-electron chi connectivity index (χ4n) is 1.85. The number of rotatable bonds is 0. The first-order valence-electron chi connectivity index (χ1n) is 6.63. The van der Waals surface area contributed by atoms with E-state index in [1.54, 1.807) is 0 Å². The van der Waals surface area contributed by atoms with Gasteiger partial charge in [-0.05, 0) is 36.8 Å². The highest BCUT2D eigenvalue weighted by Gasteiger charge is 2.23. The number of benzene rings is 2. The molecule has 0 unspecified atom stereocenters. The molecule has 0 fully saturated rings. The molecule has 0 nitrogen and oxygen atoms in total. The molecule has 0 saturated carbocycles. The van der Waals surface area contributed by atoms with Gasteiger partial charge in [0.05, 0.1) is 11.1 Å². The Morgan fingerprint density at radius 2 is 1.12 bits per heavy atom. The molecule has 0 aliphatic heterocycles. The van der Waals surface area contributed by atoms with Crippen molar-refractivity contribution in [3.8, 4) is 23.7 Å². The maximum Gasteiger partial charge on any atom is 0.458 e. The minimum atomic E-state index is -4.90. The first-order valence-corrected chi connectivity index (χ1v) is 6.63. The van der Waals surface area contributed by atoms with Crippen LogP contribution in [0.3, 0.4) is 0 Å². The van der Waals surface area contributed by atoms with Crippen LogP contribution in [0.5, 0.6) is 0 Å². The van der Waals surface area contributed by atoms with Crippen molar-refractivity contribution < 1.29 is 30.7 Å². The van der Waals surface area contributed by atoms with Crippen LogP contribution in [0.2, 0.25) is 0 Å². The van der Waals surface area contributed by atoms with E-state index in [2.05, 4.69) is 11.8 Å². The lowest BCUT2D eigenvalue weighted by atomic mass is 10.1. The second kappa shape index (κ2) is 6.90. The number of alkyl halides is 3. The average Bonchev–Trinajstić information content (AvgIpc) is 2.43. The molecule has 25 heavy (non-hydrogen) atoms. The number of aryl methyl sites for hydroxylation is 1. The second-order valence-corrected chi connectivity index (χ2v) is 4.92. The van der Waals surface area contributed by atoms with E-state index in [1.807, 2.05) is 0 Å². The fourth-order valence-corrected chi connectivity index (χ4v) is 1.85. The molecule has 2 aromatic carbocycles. The van der Waals surface area contributed by atoms with Gasteiger partial charge in [-0.15, -0.1) is 0 Å². The zero-order chi connectivity index (χ0) is 18.8. The van der Waals surface area contributed by atoms with Gasteiger partial charge in [0.2, 0.25) is 0 Å². The van der Waals surface area contributed by atoms with Crippen LogP contribution < -0.4 is 0 Å². The molecule has 7 heteroatoms. The quantitative estimate of drug-likeness (QED) is 0.467. The molecule has 0 radical (unpaired) electrons. The fraction of sp³-hybridized carbons (Fsp3) is 0.111. The van der Waals surface area contributed by atoms with Gasteiger partial charge in [-0.1, -0.05) is 17.8 Å². The van der Waals surface area contributed by atoms with Crippen molar-refractivity contribution in [2.45, 2.75) is 13.1 Å². The van der Waals surface area contributed by atoms with E-state index in [9.17, 15) is 30.7 Å². The Hall–Kier alpha value is -2.93. The van der Waals surface area contributed by atoms with Crippen molar-refractivity contribution in [3.05, 3.63) is 69.8 Å². The van der Waals surface area contributed by atoms with Gasteiger partial charge in [0.1, 0.15) is 23.3 Å². The molecular formula is C18H7F7. The molecule has 0 spiro atoms. The van der Waals surface area contributed by atoms with E-state index in [1.165, 1.54) is 12.8 Å². The summed E-state index contributed by atoms with van der Waals surface area (Å²) in [4.78, 5) is 0. The van der Waals surface area contributed by atoms with E-state index in [-0.39, 0.29) is 5.56 Å². The first kappa shape index (κ1) is 18.4. The van der Waals surface area contributed by atoms with E-state index >= 15 is 0 Å². The Labute approximate surface area is 138 Å². The third kappa shape index (κ3) is 4.77. The molecule has 2 aromatic rings. The summed E-state index contributed by atoms with van der Waals surface area (Å²) in [6.45, 7) is 1.47. The lowest BCUT2D eigenvalue weighted by molar-refractivity contribution is -0.0696. The largest absolute Gasteiger partial charge is 0.458 e. The lowest BCUT2D eigenvalue weighted by Crippen LogP contribution is -2.02. The zero-order valence-electron chi connectivity index (χ0n) is 12.5. The third-order valence-electron chi connectivity index (χ3n) is 2.89. The molecule has 2 rings (SSSR count). The van der Waals surface area contributed by atoms with Crippen molar-refractivity contribution in [2.75, 3.05) is 0 Å². The van der Waals surface area contributed by atoms with Crippen LogP contribution in [0.15, 0.2) is 24.3 Å². The molecule has 0 atom stereocenters. The van der Waals surface area contributed by atoms with E-state index in [0.29, 0.717) is 17.7 Å². The molecule has 0 saturated heterocycles. The molecule has 0 heterocycles. The van der Waals surface area contributed by atoms with Gasteiger partial charge >= 0.3 is 6.18 Å². The van der Waals surface area contributed by atoms with Crippen molar-refractivity contribution in [1.29, 1.82) is 0 Å². The zero-order valence-corrected chi connectivity index (χ0v) is 12.5. The maximum absolute atomic E-state index is 13.7. The molecule has 0 aromatic heterocycles. The Morgan fingerprint density at radius 1 is 0.680 bits per heavy atom. The Bertz CT molecular complexity index is 901. The summed E-state index contributed by atoms with van der Waals surface area (Å²) in [5.41, 5.74) is -1.65. The third-order valence-corrected chi connectivity index (χ3v) is 2.89. The molecule has 0 bridgehead atoms. The van der Waals surface area contributed by atoms with Gasteiger partial charge in [-0.2, -0.15) is 13.2 Å².